The molecule has 1 amide bonds. The van der Waals surface area contributed by atoms with E-state index in [1.807, 2.05) is 0 Å². The number of nitrogens with zero attached hydrogens (tertiary/aromatic N) is 1. The Morgan fingerprint density at radius 2 is 2.44 bits per heavy atom. The van der Waals surface area contributed by atoms with E-state index in [0.717, 1.165) is 25.9 Å². The number of hydrogen-bond acceptors (Lipinski definition) is 5. The first-order valence-corrected chi connectivity index (χ1v) is 7.11. The normalized spacial score (nSPS) is 19.7. The van der Waals surface area contributed by atoms with E-state index in [1.165, 1.54) is 17.8 Å². The number of thiazole rings is 1. The van der Waals surface area contributed by atoms with E-state index in [4.69, 9.17) is 10.5 Å². The summed E-state index contributed by atoms with van der Waals surface area (Å²) in [5.41, 5.74) is 6.27. The molecule has 0 aromatic carbocycles. The van der Waals surface area contributed by atoms with Crippen molar-refractivity contribution in [2.24, 2.45) is 0 Å². The zero-order valence-electron chi connectivity index (χ0n) is 10.6. The second-order valence-electron chi connectivity index (χ2n) is 4.50. The Kier molecular flexibility index (Phi) is 4.54. The molecular weight excluding hydrogens is 250 g/mol. The largest absolute Gasteiger partial charge is 0.378 e. The Morgan fingerprint density at radius 1 is 1.61 bits per heavy atom. The maximum Gasteiger partial charge on any atom is 0.263 e. The second kappa shape index (κ2) is 6.15. The Hall–Kier alpha value is -1.14. The van der Waals surface area contributed by atoms with Gasteiger partial charge in [-0.05, 0) is 32.6 Å². The monoisotopic (exact) mass is 269 g/mol. The van der Waals surface area contributed by atoms with Crippen LogP contribution in [0.15, 0.2) is 0 Å². The van der Waals surface area contributed by atoms with Crippen molar-refractivity contribution in [2.45, 2.75) is 38.7 Å². The number of carbonyl (C=O) groups excluding carboxylic acids is 1. The van der Waals surface area contributed by atoms with Crippen molar-refractivity contribution < 1.29 is 9.53 Å². The van der Waals surface area contributed by atoms with Crippen molar-refractivity contribution in [3.05, 3.63) is 10.6 Å². The molecule has 5 nitrogen and oxygen atoms in total. The topological polar surface area (TPSA) is 77.2 Å². The highest BCUT2D eigenvalue weighted by molar-refractivity contribution is 7.17. The van der Waals surface area contributed by atoms with Gasteiger partial charge in [0.1, 0.15) is 4.88 Å². The number of ether oxygens (including phenoxy) is 1. The van der Waals surface area contributed by atoms with Crippen molar-refractivity contribution in [3.63, 3.8) is 0 Å². The molecule has 0 bridgehead atoms. The molecule has 0 unspecified atom stereocenters. The molecule has 1 saturated heterocycles. The summed E-state index contributed by atoms with van der Waals surface area (Å²) in [4.78, 5) is 16.5. The van der Waals surface area contributed by atoms with Gasteiger partial charge in [-0.15, -0.1) is 0 Å². The van der Waals surface area contributed by atoms with Gasteiger partial charge in [-0.1, -0.05) is 11.3 Å². The summed E-state index contributed by atoms with van der Waals surface area (Å²) >= 11 is 1.23. The molecule has 0 aliphatic carbocycles. The molecule has 1 aromatic heterocycles. The van der Waals surface area contributed by atoms with Crippen LogP contribution in [0.2, 0.25) is 0 Å². The molecule has 100 valence electrons. The van der Waals surface area contributed by atoms with E-state index in [-0.39, 0.29) is 5.91 Å². The Morgan fingerprint density at radius 3 is 3.06 bits per heavy atom. The second-order valence-corrected chi connectivity index (χ2v) is 5.53. The molecule has 0 saturated carbocycles. The Bertz CT molecular complexity index is 413. The fourth-order valence-corrected chi connectivity index (χ4v) is 2.84. The minimum absolute atomic E-state index is 0.0856. The lowest BCUT2D eigenvalue weighted by Gasteiger charge is -2.22. The molecule has 1 aliphatic rings. The summed E-state index contributed by atoms with van der Waals surface area (Å²) < 4.78 is 5.61. The maximum absolute atomic E-state index is 11.9. The molecule has 3 N–H and O–H groups in total. The summed E-state index contributed by atoms with van der Waals surface area (Å²) in [5, 5.41) is 3.33. The zero-order chi connectivity index (χ0) is 13.0. The molecule has 1 fully saturated rings. The van der Waals surface area contributed by atoms with E-state index in [9.17, 15) is 4.79 Å². The molecule has 2 heterocycles. The average molecular weight is 269 g/mol. The number of carbonyl (C=O) groups is 1. The molecule has 1 aromatic rings. The third-order valence-corrected chi connectivity index (χ3v) is 4.03. The smallest absolute Gasteiger partial charge is 0.263 e. The highest BCUT2D eigenvalue weighted by atomic mass is 32.1. The number of nitrogens with one attached hydrogen (secondary N) is 1. The van der Waals surface area contributed by atoms with Gasteiger partial charge in [-0.2, -0.15) is 0 Å². The lowest BCUT2D eigenvalue weighted by molar-refractivity contribution is 0.0117. The molecule has 6 heteroatoms. The summed E-state index contributed by atoms with van der Waals surface area (Å²) in [6.07, 6.45) is 4.65. The van der Waals surface area contributed by atoms with Crippen molar-refractivity contribution in [3.8, 4) is 0 Å². The highest BCUT2D eigenvalue weighted by Gasteiger charge is 2.16. The molecule has 2 rings (SSSR count). The van der Waals surface area contributed by atoms with E-state index in [1.54, 1.807) is 6.92 Å². The predicted octanol–water partition coefficient (Wildman–Crippen LogP) is 1.72. The van der Waals surface area contributed by atoms with Crippen molar-refractivity contribution in [1.29, 1.82) is 0 Å². The highest BCUT2D eigenvalue weighted by Crippen LogP contribution is 2.19. The zero-order valence-corrected chi connectivity index (χ0v) is 11.4. The third kappa shape index (κ3) is 3.43. The molecule has 0 spiro atoms. The Labute approximate surface area is 111 Å². The number of nitrogen functional groups attached to an aromatic ring is 1. The van der Waals surface area contributed by atoms with Gasteiger partial charge in [0.25, 0.3) is 5.91 Å². The fraction of sp³-hybridized carbons (Fsp3) is 0.667. The van der Waals surface area contributed by atoms with Crippen LogP contribution in [0.4, 0.5) is 5.13 Å². The van der Waals surface area contributed by atoms with Gasteiger partial charge in [0.15, 0.2) is 5.13 Å². The number of hydrogen-bond donors (Lipinski definition) is 2. The first kappa shape index (κ1) is 13.3. The van der Waals surface area contributed by atoms with E-state index < -0.39 is 0 Å². The molecule has 0 radical (unpaired) electrons. The van der Waals surface area contributed by atoms with Crippen LogP contribution < -0.4 is 11.1 Å². The SMILES string of the molecule is Cc1nc(N)sc1C(=O)NCC[C@H]1CCCCO1. The van der Waals surface area contributed by atoms with Crippen LogP contribution in [-0.2, 0) is 4.74 Å². The van der Waals surface area contributed by atoms with Gasteiger partial charge in [0.2, 0.25) is 0 Å². The van der Waals surface area contributed by atoms with Crippen LogP contribution in [0, 0.1) is 6.92 Å². The first-order chi connectivity index (χ1) is 8.66. The number of amides is 1. The number of aryl methyl sites for hydroxylation is 1. The van der Waals surface area contributed by atoms with Crippen LogP contribution in [0.5, 0.6) is 0 Å². The molecule has 1 atom stereocenters. The summed E-state index contributed by atoms with van der Waals surface area (Å²) in [6.45, 7) is 3.29. The van der Waals surface area contributed by atoms with Crippen molar-refractivity contribution in [1.82, 2.24) is 10.3 Å². The number of anilines is 1. The van der Waals surface area contributed by atoms with Crippen molar-refractivity contribution >= 4 is 22.4 Å². The van der Waals surface area contributed by atoms with Crippen LogP contribution in [0.3, 0.4) is 0 Å². The Balaban J connectivity index is 1.76. The van der Waals surface area contributed by atoms with Gasteiger partial charge in [-0.3, -0.25) is 4.79 Å². The summed E-state index contributed by atoms with van der Waals surface area (Å²) in [7, 11) is 0. The van der Waals surface area contributed by atoms with Crippen LogP contribution >= 0.6 is 11.3 Å². The van der Waals surface area contributed by atoms with Gasteiger partial charge in [0.05, 0.1) is 11.8 Å². The van der Waals surface area contributed by atoms with Gasteiger partial charge in [-0.25, -0.2) is 4.98 Å². The minimum Gasteiger partial charge on any atom is -0.378 e. The van der Waals surface area contributed by atoms with E-state index in [0.29, 0.717) is 28.4 Å². The quantitative estimate of drug-likeness (QED) is 0.872. The molecule has 1 aliphatic heterocycles. The first-order valence-electron chi connectivity index (χ1n) is 6.29. The van der Waals surface area contributed by atoms with Gasteiger partial charge >= 0.3 is 0 Å². The van der Waals surface area contributed by atoms with Crippen LogP contribution in [0.25, 0.3) is 0 Å². The molecule has 18 heavy (non-hydrogen) atoms. The van der Waals surface area contributed by atoms with Crippen LogP contribution in [0.1, 0.15) is 41.0 Å². The number of nitrogens with two attached hydrogens (primary N) is 1. The lowest BCUT2D eigenvalue weighted by Crippen LogP contribution is -2.29. The number of aromatic nitrogens is 1. The standard InChI is InChI=1S/C12H19N3O2S/c1-8-10(18-12(13)15-8)11(16)14-6-5-9-4-2-3-7-17-9/h9H,2-7H2,1H3,(H2,13,15)(H,14,16)/t9-/m1/s1. The molecular formula is C12H19N3O2S. The minimum atomic E-state index is -0.0856. The summed E-state index contributed by atoms with van der Waals surface area (Å²) in [6, 6.07) is 0. The number of rotatable bonds is 4. The van der Waals surface area contributed by atoms with Gasteiger partial charge in [0, 0.05) is 13.2 Å². The fourth-order valence-electron chi connectivity index (χ4n) is 2.09. The van der Waals surface area contributed by atoms with Crippen molar-refractivity contribution in [2.75, 3.05) is 18.9 Å². The average Bonchev–Trinajstić information content (AvgIpc) is 2.70. The maximum atomic E-state index is 11.9. The predicted molar refractivity (Wildman–Crippen MR) is 71.8 cm³/mol. The third-order valence-electron chi connectivity index (χ3n) is 3.05. The van der Waals surface area contributed by atoms with E-state index >= 15 is 0 Å². The lowest BCUT2D eigenvalue weighted by atomic mass is 10.1. The van der Waals surface area contributed by atoms with Crippen LogP contribution in [-0.4, -0.2) is 30.1 Å². The van der Waals surface area contributed by atoms with Gasteiger partial charge < -0.3 is 15.8 Å². The van der Waals surface area contributed by atoms with E-state index in [2.05, 4.69) is 10.3 Å². The summed E-state index contributed by atoms with van der Waals surface area (Å²) in [5.74, 6) is -0.0856.